The zero-order chi connectivity index (χ0) is 13.6. The maximum atomic E-state index is 13.2. The van der Waals surface area contributed by atoms with Gasteiger partial charge in [0.2, 0.25) is 0 Å². The Labute approximate surface area is 112 Å². The van der Waals surface area contributed by atoms with Crippen LogP contribution in [0.2, 0.25) is 0 Å². The molecule has 1 saturated heterocycles. The molecule has 2 rings (SSSR count). The van der Waals surface area contributed by atoms with Gasteiger partial charge in [-0.3, -0.25) is 0 Å². The minimum absolute atomic E-state index is 0.236. The minimum atomic E-state index is -0.432. The SMILES string of the molecule is CSc1cc(F)ccc1B1OC(C)(C)C(C)(C)O1. The maximum Gasteiger partial charge on any atom is 0.495 e. The van der Waals surface area contributed by atoms with Gasteiger partial charge in [-0.05, 0) is 51.5 Å². The third kappa shape index (κ3) is 2.31. The Kier molecular flexibility index (Phi) is 3.51. The summed E-state index contributed by atoms with van der Waals surface area (Å²) < 4.78 is 25.2. The number of halogens is 1. The van der Waals surface area contributed by atoms with E-state index in [9.17, 15) is 4.39 Å². The lowest BCUT2D eigenvalue weighted by molar-refractivity contribution is 0.00578. The zero-order valence-electron chi connectivity index (χ0n) is 11.4. The molecule has 0 aliphatic carbocycles. The van der Waals surface area contributed by atoms with E-state index in [1.54, 1.807) is 6.07 Å². The van der Waals surface area contributed by atoms with Crippen LogP contribution >= 0.6 is 11.8 Å². The number of thioether (sulfide) groups is 1. The van der Waals surface area contributed by atoms with Crippen LogP contribution in [-0.2, 0) is 9.31 Å². The molecular formula is C13H18BFO2S. The highest BCUT2D eigenvalue weighted by Gasteiger charge is 2.52. The first-order chi connectivity index (χ1) is 8.27. The topological polar surface area (TPSA) is 18.5 Å². The van der Waals surface area contributed by atoms with Gasteiger partial charge in [-0.25, -0.2) is 4.39 Å². The molecule has 0 unspecified atom stereocenters. The fraction of sp³-hybridized carbons (Fsp3) is 0.538. The molecule has 1 aromatic carbocycles. The van der Waals surface area contributed by atoms with Gasteiger partial charge in [-0.15, -0.1) is 11.8 Å². The lowest BCUT2D eigenvalue weighted by atomic mass is 9.79. The molecule has 5 heteroatoms. The molecule has 0 spiro atoms. The molecule has 1 fully saturated rings. The van der Waals surface area contributed by atoms with Crippen LogP contribution in [0.5, 0.6) is 0 Å². The lowest BCUT2D eigenvalue weighted by Gasteiger charge is -2.32. The van der Waals surface area contributed by atoms with E-state index in [1.807, 2.05) is 34.0 Å². The summed E-state index contributed by atoms with van der Waals surface area (Å²) in [4.78, 5) is 0.855. The number of rotatable bonds is 2. The third-order valence-electron chi connectivity index (χ3n) is 3.70. The molecule has 0 amide bonds. The number of hydrogen-bond donors (Lipinski definition) is 0. The molecule has 0 saturated carbocycles. The van der Waals surface area contributed by atoms with Crippen LogP contribution in [0.15, 0.2) is 23.1 Å². The summed E-state index contributed by atoms with van der Waals surface area (Å²) in [7, 11) is -0.432. The van der Waals surface area contributed by atoms with Gasteiger partial charge in [0, 0.05) is 4.90 Å². The highest BCUT2D eigenvalue weighted by atomic mass is 32.2. The maximum absolute atomic E-state index is 13.2. The zero-order valence-corrected chi connectivity index (χ0v) is 12.2. The van der Waals surface area contributed by atoms with Crippen LogP contribution in [0.1, 0.15) is 27.7 Å². The van der Waals surface area contributed by atoms with Gasteiger partial charge >= 0.3 is 7.12 Å². The van der Waals surface area contributed by atoms with Gasteiger partial charge in [0.1, 0.15) is 5.82 Å². The molecule has 1 heterocycles. The summed E-state index contributed by atoms with van der Waals surface area (Å²) in [6.45, 7) is 8.04. The molecule has 0 bridgehead atoms. The summed E-state index contributed by atoms with van der Waals surface area (Å²) in [6, 6.07) is 4.70. The molecular weight excluding hydrogens is 250 g/mol. The van der Waals surface area contributed by atoms with Crippen molar-refractivity contribution in [3.05, 3.63) is 24.0 Å². The molecule has 18 heavy (non-hydrogen) atoms. The normalized spacial score (nSPS) is 21.3. The van der Waals surface area contributed by atoms with Crippen molar-refractivity contribution in [2.24, 2.45) is 0 Å². The molecule has 1 aliphatic rings. The smallest absolute Gasteiger partial charge is 0.399 e. The predicted octanol–water partition coefficient (Wildman–Crippen LogP) is 2.85. The third-order valence-corrected chi connectivity index (χ3v) is 4.50. The fourth-order valence-electron chi connectivity index (χ4n) is 1.85. The first-order valence-corrected chi connectivity index (χ1v) is 7.18. The second kappa shape index (κ2) is 4.55. The Bertz CT molecular complexity index is 446. The lowest BCUT2D eigenvalue weighted by Crippen LogP contribution is -2.41. The average molecular weight is 268 g/mol. The van der Waals surface area contributed by atoms with Gasteiger partial charge in [0.05, 0.1) is 11.2 Å². The molecule has 2 nitrogen and oxygen atoms in total. The van der Waals surface area contributed by atoms with Gasteiger partial charge < -0.3 is 9.31 Å². The highest BCUT2D eigenvalue weighted by molar-refractivity contribution is 7.98. The van der Waals surface area contributed by atoms with Crippen LogP contribution < -0.4 is 5.46 Å². The van der Waals surface area contributed by atoms with Crippen molar-refractivity contribution in [2.45, 2.75) is 43.8 Å². The van der Waals surface area contributed by atoms with Crippen molar-refractivity contribution in [3.63, 3.8) is 0 Å². The van der Waals surface area contributed by atoms with Gasteiger partial charge in [0.15, 0.2) is 0 Å². The van der Waals surface area contributed by atoms with Crippen molar-refractivity contribution >= 4 is 24.3 Å². The standard InChI is InChI=1S/C13H18BFO2S/c1-12(2)13(3,4)17-14(16-12)10-7-6-9(15)8-11(10)18-5/h6-8H,1-5H3. The molecule has 98 valence electrons. The van der Waals surface area contributed by atoms with Crippen molar-refractivity contribution in [1.82, 2.24) is 0 Å². The Morgan fingerprint density at radius 1 is 1.11 bits per heavy atom. The van der Waals surface area contributed by atoms with E-state index in [1.165, 1.54) is 23.9 Å². The van der Waals surface area contributed by atoms with E-state index >= 15 is 0 Å². The molecule has 1 aromatic rings. The summed E-state index contributed by atoms with van der Waals surface area (Å²) in [5.41, 5.74) is 0.145. The second-order valence-corrected chi connectivity index (χ2v) is 6.32. The van der Waals surface area contributed by atoms with Crippen molar-refractivity contribution in [2.75, 3.05) is 6.26 Å². The van der Waals surface area contributed by atoms with Crippen LogP contribution in [0, 0.1) is 5.82 Å². The quantitative estimate of drug-likeness (QED) is 0.607. The van der Waals surface area contributed by atoms with E-state index in [0.717, 1.165) is 10.4 Å². The first-order valence-electron chi connectivity index (χ1n) is 5.96. The monoisotopic (exact) mass is 268 g/mol. The fourth-order valence-corrected chi connectivity index (χ4v) is 2.48. The Morgan fingerprint density at radius 2 is 1.67 bits per heavy atom. The van der Waals surface area contributed by atoms with Crippen LogP contribution in [0.25, 0.3) is 0 Å². The molecule has 0 atom stereocenters. The molecule has 0 radical (unpaired) electrons. The van der Waals surface area contributed by atoms with Crippen molar-refractivity contribution in [1.29, 1.82) is 0 Å². The van der Waals surface area contributed by atoms with E-state index in [-0.39, 0.29) is 17.0 Å². The van der Waals surface area contributed by atoms with Crippen molar-refractivity contribution in [3.8, 4) is 0 Å². The molecule has 1 aliphatic heterocycles. The predicted molar refractivity (Wildman–Crippen MR) is 73.9 cm³/mol. The summed E-state index contributed by atoms with van der Waals surface area (Å²) in [5, 5.41) is 0. The van der Waals surface area contributed by atoms with E-state index in [4.69, 9.17) is 9.31 Å². The van der Waals surface area contributed by atoms with Gasteiger partial charge in [-0.1, -0.05) is 6.07 Å². The largest absolute Gasteiger partial charge is 0.495 e. The number of benzene rings is 1. The van der Waals surface area contributed by atoms with Crippen molar-refractivity contribution < 1.29 is 13.7 Å². The van der Waals surface area contributed by atoms with Crippen LogP contribution in [0.3, 0.4) is 0 Å². The first kappa shape index (κ1) is 13.9. The summed E-state index contributed by atoms with van der Waals surface area (Å²) in [5.74, 6) is -0.236. The Morgan fingerprint density at radius 3 is 2.17 bits per heavy atom. The van der Waals surface area contributed by atoms with Crippen LogP contribution in [-0.4, -0.2) is 24.6 Å². The number of hydrogen-bond acceptors (Lipinski definition) is 3. The molecule has 0 aromatic heterocycles. The second-order valence-electron chi connectivity index (χ2n) is 5.47. The van der Waals surface area contributed by atoms with Crippen LogP contribution in [0.4, 0.5) is 4.39 Å². The van der Waals surface area contributed by atoms with E-state index < -0.39 is 7.12 Å². The van der Waals surface area contributed by atoms with Gasteiger partial charge in [-0.2, -0.15) is 0 Å². The highest BCUT2D eigenvalue weighted by Crippen LogP contribution is 2.37. The Balaban J connectivity index is 2.35. The van der Waals surface area contributed by atoms with E-state index in [2.05, 4.69) is 0 Å². The van der Waals surface area contributed by atoms with Gasteiger partial charge in [0.25, 0.3) is 0 Å². The minimum Gasteiger partial charge on any atom is -0.399 e. The summed E-state index contributed by atoms with van der Waals surface area (Å²) in [6.07, 6.45) is 1.92. The summed E-state index contributed by atoms with van der Waals surface area (Å²) >= 11 is 1.50. The average Bonchev–Trinajstić information content (AvgIpc) is 2.47. The van der Waals surface area contributed by atoms with E-state index in [0.29, 0.717) is 0 Å². The molecule has 0 N–H and O–H groups in total. The Hall–Kier alpha value is -0.515.